The van der Waals surface area contributed by atoms with E-state index >= 15 is 0 Å². The molecule has 1 aromatic carbocycles. The molecule has 1 amide bonds. The van der Waals surface area contributed by atoms with Gasteiger partial charge in [-0.3, -0.25) is 9.69 Å². The van der Waals surface area contributed by atoms with Crippen molar-refractivity contribution in [2.24, 2.45) is 0 Å². The zero-order valence-electron chi connectivity index (χ0n) is 15.1. The van der Waals surface area contributed by atoms with Gasteiger partial charge in [0.05, 0.1) is 0 Å². The third-order valence-corrected chi connectivity index (χ3v) is 4.84. The number of amides is 1. The third kappa shape index (κ3) is 3.74. The van der Waals surface area contributed by atoms with E-state index in [1.807, 2.05) is 6.92 Å². The molecule has 1 aliphatic rings. The average molecular weight is 344 g/mol. The van der Waals surface area contributed by atoms with Crippen LogP contribution in [0.5, 0.6) is 0 Å². The molecule has 1 aromatic heterocycles. The molecule has 1 N–H and O–H groups in total. The number of aromatic nitrogens is 2. The van der Waals surface area contributed by atoms with E-state index in [0.717, 1.165) is 13.1 Å². The SMILES string of the molecule is Cc1cc(C(=O)NCC(C)(C)N2CCCC2)nn1-c1ccccc1F. The highest BCUT2D eigenvalue weighted by Crippen LogP contribution is 2.20. The van der Waals surface area contributed by atoms with Gasteiger partial charge < -0.3 is 5.32 Å². The monoisotopic (exact) mass is 344 g/mol. The van der Waals surface area contributed by atoms with Gasteiger partial charge in [0, 0.05) is 17.8 Å². The summed E-state index contributed by atoms with van der Waals surface area (Å²) in [7, 11) is 0. The van der Waals surface area contributed by atoms with E-state index in [1.54, 1.807) is 24.3 Å². The third-order valence-electron chi connectivity index (χ3n) is 4.84. The van der Waals surface area contributed by atoms with Gasteiger partial charge in [-0.1, -0.05) is 12.1 Å². The number of halogens is 1. The maximum Gasteiger partial charge on any atom is 0.271 e. The molecule has 3 rings (SSSR count). The Morgan fingerprint density at radius 1 is 1.28 bits per heavy atom. The summed E-state index contributed by atoms with van der Waals surface area (Å²) >= 11 is 0. The molecule has 2 heterocycles. The van der Waals surface area contributed by atoms with Crippen LogP contribution in [0, 0.1) is 12.7 Å². The van der Waals surface area contributed by atoms with Crippen LogP contribution in [0.15, 0.2) is 30.3 Å². The van der Waals surface area contributed by atoms with E-state index in [2.05, 4.69) is 29.2 Å². The molecular formula is C19H25FN4O. The molecule has 0 saturated carbocycles. The molecule has 0 spiro atoms. The van der Waals surface area contributed by atoms with Crippen LogP contribution >= 0.6 is 0 Å². The van der Waals surface area contributed by atoms with Gasteiger partial charge in [0.2, 0.25) is 0 Å². The number of rotatable bonds is 5. The summed E-state index contributed by atoms with van der Waals surface area (Å²) in [5.41, 5.74) is 1.28. The molecule has 0 unspecified atom stereocenters. The summed E-state index contributed by atoms with van der Waals surface area (Å²) < 4.78 is 15.4. The fraction of sp³-hybridized carbons (Fsp3) is 0.474. The number of hydrogen-bond donors (Lipinski definition) is 1. The first kappa shape index (κ1) is 17.6. The van der Waals surface area contributed by atoms with E-state index in [0.29, 0.717) is 23.6 Å². The van der Waals surface area contributed by atoms with Crippen molar-refractivity contribution in [1.82, 2.24) is 20.0 Å². The number of carbonyl (C=O) groups is 1. The van der Waals surface area contributed by atoms with Crippen molar-refractivity contribution in [1.29, 1.82) is 0 Å². The predicted molar refractivity (Wildman–Crippen MR) is 95.5 cm³/mol. The second kappa shape index (κ2) is 6.96. The molecule has 134 valence electrons. The summed E-state index contributed by atoms with van der Waals surface area (Å²) in [6, 6.07) is 8.09. The summed E-state index contributed by atoms with van der Waals surface area (Å²) in [4.78, 5) is 14.9. The van der Waals surface area contributed by atoms with Gasteiger partial charge in [-0.05, 0) is 64.9 Å². The van der Waals surface area contributed by atoms with Crippen molar-refractivity contribution in [2.45, 2.75) is 39.2 Å². The lowest BCUT2D eigenvalue weighted by Crippen LogP contribution is -2.50. The predicted octanol–water partition coefficient (Wildman–Crippen LogP) is 2.92. The van der Waals surface area contributed by atoms with Crippen LogP contribution in [-0.2, 0) is 0 Å². The van der Waals surface area contributed by atoms with E-state index in [1.165, 1.54) is 23.6 Å². The summed E-state index contributed by atoms with van der Waals surface area (Å²) in [5, 5.41) is 7.26. The topological polar surface area (TPSA) is 50.2 Å². The Kier molecular flexibility index (Phi) is 4.90. The molecule has 0 atom stereocenters. The highest BCUT2D eigenvalue weighted by Gasteiger charge is 2.29. The maximum atomic E-state index is 14.0. The average Bonchev–Trinajstić information content (AvgIpc) is 3.23. The second-order valence-electron chi connectivity index (χ2n) is 7.22. The Hall–Kier alpha value is -2.21. The first-order valence-corrected chi connectivity index (χ1v) is 8.73. The molecule has 25 heavy (non-hydrogen) atoms. The second-order valence-corrected chi connectivity index (χ2v) is 7.22. The molecular weight excluding hydrogens is 319 g/mol. The van der Waals surface area contributed by atoms with Crippen LogP contribution in [0.2, 0.25) is 0 Å². The van der Waals surface area contributed by atoms with Crippen molar-refractivity contribution in [2.75, 3.05) is 19.6 Å². The Balaban J connectivity index is 1.71. The fourth-order valence-corrected chi connectivity index (χ4v) is 3.27. The minimum atomic E-state index is -0.365. The number of benzene rings is 1. The highest BCUT2D eigenvalue weighted by atomic mass is 19.1. The number of hydrogen-bond acceptors (Lipinski definition) is 3. The number of para-hydroxylation sites is 1. The molecule has 1 saturated heterocycles. The summed E-state index contributed by atoms with van der Waals surface area (Å²) in [5.74, 6) is -0.596. The van der Waals surface area contributed by atoms with Crippen molar-refractivity contribution in [3.8, 4) is 5.69 Å². The maximum absolute atomic E-state index is 14.0. The van der Waals surface area contributed by atoms with Crippen LogP contribution in [0.3, 0.4) is 0 Å². The first-order chi connectivity index (χ1) is 11.9. The zero-order valence-corrected chi connectivity index (χ0v) is 15.1. The number of nitrogens with one attached hydrogen (secondary N) is 1. The van der Waals surface area contributed by atoms with Crippen molar-refractivity contribution < 1.29 is 9.18 Å². The highest BCUT2D eigenvalue weighted by molar-refractivity contribution is 5.92. The Morgan fingerprint density at radius 2 is 1.96 bits per heavy atom. The van der Waals surface area contributed by atoms with Crippen molar-refractivity contribution in [3.05, 3.63) is 47.5 Å². The molecule has 2 aromatic rings. The lowest BCUT2D eigenvalue weighted by atomic mass is 10.0. The van der Waals surface area contributed by atoms with Crippen LogP contribution in [0.1, 0.15) is 42.9 Å². The van der Waals surface area contributed by atoms with Crippen LogP contribution < -0.4 is 5.32 Å². The largest absolute Gasteiger partial charge is 0.349 e. The van der Waals surface area contributed by atoms with Gasteiger partial charge in [0.25, 0.3) is 5.91 Å². The normalized spacial score (nSPS) is 15.5. The van der Waals surface area contributed by atoms with Gasteiger partial charge in [-0.15, -0.1) is 0 Å². The van der Waals surface area contributed by atoms with Gasteiger partial charge in [0.15, 0.2) is 5.69 Å². The summed E-state index contributed by atoms with van der Waals surface area (Å²) in [6.07, 6.45) is 2.42. The standard InChI is InChI=1S/C19H25FN4O/c1-14-12-16(22-24(14)17-9-5-4-8-15(17)20)18(25)21-13-19(2,3)23-10-6-7-11-23/h4-5,8-9,12H,6-7,10-11,13H2,1-3H3,(H,21,25). The molecule has 0 bridgehead atoms. The Bertz CT molecular complexity index is 763. The number of likely N-dealkylation sites (tertiary alicyclic amines) is 1. The molecule has 1 fully saturated rings. The fourth-order valence-electron chi connectivity index (χ4n) is 3.27. The number of nitrogens with zero attached hydrogens (tertiary/aromatic N) is 3. The van der Waals surface area contributed by atoms with Crippen molar-refractivity contribution >= 4 is 5.91 Å². The lowest BCUT2D eigenvalue weighted by Gasteiger charge is -2.35. The molecule has 0 aliphatic carbocycles. The van der Waals surface area contributed by atoms with Gasteiger partial charge in [0.1, 0.15) is 11.5 Å². The van der Waals surface area contributed by atoms with Crippen LogP contribution in [0.4, 0.5) is 4.39 Å². The van der Waals surface area contributed by atoms with Crippen molar-refractivity contribution in [3.63, 3.8) is 0 Å². The molecule has 5 nitrogen and oxygen atoms in total. The number of aryl methyl sites for hydroxylation is 1. The smallest absolute Gasteiger partial charge is 0.271 e. The lowest BCUT2D eigenvalue weighted by molar-refractivity contribution is 0.0896. The summed E-state index contributed by atoms with van der Waals surface area (Å²) in [6.45, 7) is 8.79. The molecule has 1 aliphatic heterocycles. The van der Waals surface area contributed by atoms with E-state index in [-0.39, 0.29) is 17.3 Å². The van der Waals surface area contributed by atoms with E-state index in [9.17, 15) is 9.18 Å². The minimum Gasteiger partial charge on any atom is -0.349 e. The molecule has 6 heteroatoms. The molecule has 0 radical (unpaired) electrons. The Labute approximate surface area is 147 Å². The van der Waals surface area contributed by atoms with Crippen LogP contribution in [-0.4, -0.2) is 45.8 Å². The van der Waals surface area contributed by atoms with Crippen LogP contribution in [0.25, 0.3) is 5.69 Å². The number of carbonyl (C=O) groups excluding carboxylic acids is 1. The zero-order chi connectivity index (χ0) is 18.0. The van der Waals surface area contributed by atoms with E-state index < -0.39 is 0 Å². The minimum absolute atomic E-state index is 0.0880. The van der Waals surface area contributed by atoms with E-state index in [4.69, 9.17) is 0 Å². The van der Waals surface area contributed by atoms with Gasteiger partial charge in [-0.25, -0.2) is 9.07 Å². The van der Waals surface area contributed by atoms with Gasteiger partial charge in [-0.2, -0.15) is 5.10 Å². The first-order valence-electron chi connectivity index (χ1n) is 8.73. The quantitative estimate of drug-likeness (QED) is 0.907. The Morgan fingerprint density at radius 3 is 2.64 bits per heavy atom. The van der Waals surface area contributed by atoms with Gasteiger partial charge >= 0.3 is 0 Å².